The standard InChI is InChI=1S/C15H13ClN2/c16-13-6-4-5-12(11-13)15-9-10-18(17-15)14-7-2-1-3-8-14/h1-8,11H,9-10H2. The monoisotopic (exact) mass is 256 g/mol. The van der Waals surface area contributed by atoms with Crippen molar-refractivity contribution in [2.24, 2.45) is 5.10 Å². The highest BCUT2D eigenvalue weighted by molar-refractivity contribution is 6.31. The van der Waals surface area contributed by atoms with Crippen LogP contribution in [0.2, 0.25) is 5.02 Å². The number of hydrogen-bond donors (Lipinski definition) is 0. The fourth-order valence-electron chi connectivity index (χ4n) is 2.11. The minimum absolute atomic E-state index is 0.758. The fourth-order valence-corrected chi connectivity index (χ4v) is 2.30. The van der Waals surface area contributed by atoms with Crippen molar-refractivity contribution in [3.8, 4) is 0 Å². The SMILES string of the molecule is Clc1cccc(C2=NN(c3ccccc3)CC2)c1. The maximum Gasteiger partial charge on any atom is 0.0700 e. The number of halogens is 1. The molecular formula is C15H13ClN2. The summed E-state index contributed by atoms with van der Waals surface area (Å²) in [7, 11) is 0. The molecule has 0 aliphatic carbocycles. The van der Waals surface area contributed by atoms with E-state index in [4.69, 9.17) is 11.6 Å². The van der Waals surface area contributed by atoms with Gasteiger partial charge in [0.05, 0.1) is 11.4 Å². The Morgan fingerprint density at radius 1 is 1.00 bits per heavy atom. The molecule has 18 heavy (non-hydrogen) atoms. The zero-order valence-electron chi connectivity index (χ0n) is 9.88. The first-order valence-electron chi connectivity index (χ1n) is 5.99. The maximum absolute atomic E-state index is 6.01. The van der Waals surface area contributed by atoms with Crippen LogP contribution in [0, 0.1) is 0 Å². The molecule has 0 N–H and O–H groups in total. The van der Waals surface area contributed by atoms with Crippen molar-refractivity contribution in [1.29, 1.82) is 0 Å². The summed E-state index contributed by atoms with van der Waals surface area (Å²) in [5.74, 6) is 0. The number of nitrogens with zero attached hydrogens (tertiary/aromatic N) is 2. The summed E-state index contributed by atoms with van der Waals surface area (Å²) in [5, 5.41) is 7.46. The van der Waals surface area contributed by atoms with Crippen LogP contribution >= 0.6 is 11.6 Å². The molecule has 0 aromatic heterocycles. The summed E-state index contributed by atoms with van der Waals surface area (Å²) >= 11 is 6.01. The van der Waals surface area contributed by atoms with Crippen LogP contribution in [-0.2, 0) is 0 Å². The van der Waals surface area contributed by atoms with Crippen molar-refractivity contribution < 1.29 is 0 Å². The second-order valence-corrected chi connectivity index (χ2v) is 4.70. The van der Waals surface area contributed by atoms with E-state index in [0.29, 0.717) is 0 Å². The molecule has 0 fully saturated rings. The van der Waals surface area contributed by atoms with Crippen molar-refractivity contribution in [2.75, 3.05) is 11.6 Å². The van der Waals surface area contributed by atoms with E-state index in [9.17, 15) is 0 Å². The van der Waals surface area contributed by atoms with E-state index in [0.717, 1.165) is 35.0 Å². The van der Waals surface area contributed by atoms with Crippen molar-refractivity contribution in [2.45, 2.75) is 6.42 Å². The number of hydrazone groups is 1. The van der Waals surface area contributed by atoms with Crippen LogP contribution in [0.1, 0.15) is 12.0 Å². The van der Waals surface area contributed by atoms with Gasteiger partial charge in [-0.05, 0) is 29.8 Å². The van der Waals surface area contributed by atoms with Crippen LogP contribution in [0.25, 0.3) is 0 Å². The van der Waals surface area contributed by atoms with E-state index in [1.807, 2.05) is 41.4 Å². The van der Waals surface area contributed by atoms with Crippen LogP contribution in [0.15, 0.2) is 59.7 Å². The smallest absolute Gasteiger partial charge is 0.0700 e. The van der Waals surface area contributed by atoms with Crippen molar-refractivity contribution in [3.05, 3.63) is 65.2 Å². The van der Waals surface area contributed by atoms with Gasteiger partial charge in [0.15, 0.2) is 0 Å². The minimum Gasteiger partial charge on any atom is -0.265 e. The highest BCUT2D eigenvalue weighted by Gasteiger charge is 2.16. The van der Waals surface area contributed by atoms with Crippen LogP contribution in [0.5, 0.6) is 0 Å². The third kappa shape index (κ3) is 2.24. The maximum atomic E-state index is 6.01. The Morgan fingerprint density at radius 3 is 2.61 bits per heavy atom. The molecule has 0 radical (unpaired) electrons. The molecule has 0 saturated carbocycles. The molecule has 90 valence electrons. The molecule has 0 bridgehead atoms. The molecule has 1 aliphatic heterocycles. The highest BCUT2D eigenvalue weighted by Crippen LogP contribution is 2.22. The first kappa shape index (κ1) is 11.3. The number of hydrogen-bond acceptors (Lipinski definition) is 2. The van der Waals surface area contributed by atoms with Gasteiger partial charge in [-0.3, -0.25) is 5.01 Å². The lowest BCUT2D eigenvalue weighted by molar-refractivity contribution is 0.922. The molecule has 1 heterocycles. The minimum atomic E-state index is 0.758. The van der Waals surface area contributed by atoms with Gasteiger partial charge in [-0.15, -0.1) is 0 Å². The molecule has 2 nitrogen and oxygen atoms in total. The third-order valence-electron chi connectivity index (χ3n) is 3.01. The van der Waals surface area contributed by atoms with E-state index in [1.165, 1.54) is 0 Å². The van der Waals surface area contributed by atoms with Gasteiger partial charge in [0.1, 0.15) is 0 Å². The van der Waals surface area contributed by atoms with Gasteiger partial charge >= 0.3 is 0 Å². The highest BCUT2D eigenvalue weighted by atomic mass is 35.5. The Morgan fingerprint density at radius 2 is 1.83 bits per heavy atom. The van der Waals surface area contributed by atoms with E-state index in [-0.39, 0.29) is 0 Å². The van der Waals surface area contributed by atoms with E-state index in [2.05, 4.69) is 23.3 Å². The molecule has 0 unspecified atom stereocenters. The van der Waals surface area contributed by atoms with Crippen LogP contribution in [-0.4, -0.2) is 12.3 Å². The Labute approximate surface area is 112 Å². The largest absolute Gasteiger partial charge is 0.265 e. The van der Waals surface area contributed by atoms with Crippen molar-refractivity contribution in [3.63, 3.8) is 0 Å². The quantitative estimate of drug-likeness (QED) is 0.794. The lowest BCUT2D eigenvalue weighted by atomic mass is 10.1. The van der Waals surface area contributed by atoms with Gasteiger partial charge in [0.25, 0.3) is 0 Å². The van der Waals surface area contributed by atoms with Crippen LogP contribution in [0.3, 0.4) is 0 Å². The zero-order chi connectivity index (χ0) is 12.4. The fraction of sp³-hybridized carbons (Fsp3) is 0.133. The first-order chi connectivity index (χ1) is 8.83. The molecule has 3 rings (SSSR count). The number of rotatable bonds is 2. The average molecular weight is 257 g/mol. The van der Waals surface area contributed by atoms with Crippen LogP contribution in [0.4, 0.5) is 5.69 Å². The topological polar surface area (TPSA) is 15.6 Å². The molecule has 0 amide bonds. The second-order valence-electron chi connectivity index (χ2n) is 4.27. The molecule has 0 spiro atoms. The third-order valence-corrected chi connectivity index (χ3v) is 3.25. The van der Waals surface area contributed by atoms with E-state index in [1.54, 1.807) is 0 Å². The molecule has 2 aromatic rings. The Kier molecular flexibility index (Phi) is 3.03. The molecule has 0 saturated heterocycles. The molecular weight excluding hydrogens is 244 g/mol. The molecule has 1 aliphatic rings. The molecule has 2 aromatic carbocycles. The van der Waals surface area contributed by atoms with Gasteiger partial charge in [0, 0.05) is 18.0 Å². The zero-order valence-corrected chi connectivity index (χ0v) is 10.6. The lowest BCUT2D eigenvalue weighted by Crippen LogP contribution is -2.11. The summed E-state index contributed by atoms with van der Waals surface area (Å²) in [4.78, 5) is 0. The Bertz CT molecular complexity index is 578. The van der Waals surface area contributed by atoms with Gasteiger partial charge in [-0.25, -0.2) is 0 Å². The number of benzene rings is 2. The Hall–Kier alpha value is -1.80. The molecule has 0 atom stereocenters. The second kappa shape index (κ2) is 4.83. The molecule has 3 heteroatoms. The first-order valence-corrected chi connectivity index (χ1v) is 6.37. The lowest BCUT2D eigenvalue weighted by Gasteiger charge is -2.12. The summed E-state index contributed by atoms with van der Waals surface area (Å²) in [6, 6.07) is 18.1. The number of para-hydroxylation sites is 1. The summed E-state index contributed by atoms with van der Waals surface area (Å²) < 4.78 is 0. The van der Waals surface area contributed by atoms with E-state index >= 15 is 0 Å². The summed E-state index contributed by atoms with van der Waals surface area (Å²) in [5.41, 5.74) is 3.34. The summed E-state index contributed by atoms with van der Waals surface area (Å²) in [6.07, 6.45) is 0.954. The van der Waals surface area contributed by atoms with Crippen molar-refractivity contribution in [1.82, 2.24) is 0 Å². The number of anilines is 1. The van der Waals surface area contributed by atoms with Gasteiger partial charge in [-0.2, -0.15) is 5.10 Å². The van der Waals surface area contributed by atoms with Gasteiger partial charge < -0.3 is 0 Å². The van der Waals surface area contributed by atoms with Gasteiger partial charge in [0.2, 0.25) is 0 Å². The predicted octanol–water partition coefficient (Wildman–Crippen LogP) is 3.95. The van der Waals surface area contributed by atoms with Crippen LogP contribution < -0.4 is 5.01 Å². The van der Waals surface area contributed by atoms with Crippen molar-refractivity contribution >= 4 is 23.0 Å². The average Bonchev–Trinajstić information content (AvgIpc) is 2.89. The summed E-state index contributed by atoms with van der Waals surface area (Å²) in [6.45, 7) is 0.922. The van der Waals surface area contributed by atoms with E-state index < -0.39 is 0 Å². The predicted molar refractivity (Wildman–Crippen MR) is 76.4 cm³/mol. The Balaban J connectivity index is 1.88. The normalized spacial score (nSPS) is 14.7. The van der Waals surface area contributed by atoms with Gasteiger partial charge in [-0.1, -0.05) is 41.9 Å².